The molecule has 1 atom stereocenters. The number of amides is 1. The van der Waals surface area contributed by atoms with Gasteiger partial charge in [-0.15, -0.1) is 22.7 Å². The second-order valence-electron chi connectivity index (χ2n) is 6.33. The molecule has 148 valence electrons. The van der Waals surface area contributed by atoms with Crippen LogP contribution < -0.4 is 10.9 Å². The minimum Gasteiger partial charge on any atom is -0.355 e. The fourth-order valence-corrected chi connectivity index (χ4v) is 5.75. The van der Waals surface area contributed by atoms with Gasteiger partial charge in [0.2, 0.25) is 5.91 Å². The van der Waals surface area contributed by atoms with Gasteiger partial charge in [0.15, 0.2) is 5.16 Å². The van der Waals surface area contributed by atoms with Crippen LogP contribution >= 0.6 is 34.4 Å². The molecule has 0 aliphatic heterocycles. The Morgan fingerprint density at radius 2 is 2.00 bits per heavy atom. The molecule has 4 aromatic rings. The van der Waals surface area contributed by atoms with Crippen molar-refractivity contribution >= 4 is 50.6 Å². The van der Waals surface area contributed by atoms with E-state index in [0.29, 0.717) is 21.9 Å². The summed E-state index contributed by atoms with van der Waals surface area (Å²) in [7, 11) is 0. The lowest BCUT2D eigenvalue weighted by atomic mass is 10.2. The molecule has 0 radical (unpaired) electrons. The van der Waals surface area contributed by atoms with E-state index < -0.39 is 0 Å². The zero-order valence-electron chi connectivity index (χ0n) is 15.9. The van der Waals surface area contributed by atoms with Gasteiger partial charge in [-0.25, -0.2) is 4.98 Å². The summed E-state index contributed by atoms with van der Waals surface area (Å²) in [4.78, 5) is 32.4. The molecule has 29 heavy (non-hydrogen) atoms. The molecule has 0 spiro atoms. The van der Waals surface area contributed by atoms with Gasteiger partial charge < -0.3 is 5.32 Å². The van der Waals surface area contributed by atoms with Gasteiger partial charge in [-0.05, 0) is 37.4 Å². The molecule has 1 amide bonds. The van der Waals surface area contributed by atoms with Gasteiger partial charge in [-0.1, -0.05) is 36.0 Å². The van der Waals surface area contributed by atoms with E-state index in [4.69, 9.17) is 4.98 Å². The third-order valence-electron chi connectivity index (χ3n) is 4.38. The van der Waals surface area contributed by atoms with Crippen molar-refractivity contribution in [2.24, 2.45) is 0 Å². The number of carbonyl (C=O) groups excluding carboxylic acids is 1. The van der Waals surface area contributed by atoms with Crippen LogP contribution in [0.2, 0.25) is 0 Å². The number of para-hydroxylation sites is 1. The summed E-state index contributed by atoms with van der Waals surface area (Å²) >= 11 is 4.36. The Morgan fingerprint density at radius 1 is 1.21 bits per heavy atom. The first-order chi connectivity index (χ1) is 14.1. The Kier molecular flexibility index (Phi) is 5.84. The van der Waals surface area contributed by atoms with Gasteiger partial charge in [0.25, 0.3) is 5.56 Å². The molecule has 1 N–H and O–H groups in total. The summed E-state index contributed by atoms with van der Waals surface area (Å²) in [6.45, 7) is 4.28. The van der Waals surface area contributed by atoms with Crippen molar-refractivity contribution in [1.82, 2.24) is 14.9 Å². The maximum atomic E-state index is 13.6. The molecule has 0 aliphatic carbocycles. The van der Waals surface area contributed by atoms with Crippen LogP contribution in [0.4, 0.5) is 0 Å². The lowest BCUT2D eigenvalue weighted by Gasteiger charge is -2.15. The second kappa shape index (κ2) is 8.52. The molecule has 0 saturated heterocycles. The maximum Gasteiger partial charge on any atom is 0.268 e. The Balaban J connectivity index is 1.91. The summed E-state index contributed by atoms with van der Waals surface area (Å²) in [6.07, 6.45) is 0. The van der Waals surface area contributed by atoms with Crippen LogP contribution in [0.15, 0.2) is 63.2 Å². The van der Waals surface area contributed by atoms with Crippen LogP contribution in [-0.2, 0) is 4.79 Å². The van der Waals surface area contributed by atoms with Crippen molar-refractivity contribution in [1.29, 1.82) is 0 Å². The van der Waals surface area contributed by atoms with E-state index in [1.165, 1.54) is 23.1 Å². The molecule has 0 fully saturated rings. The molecule has 8 heteroatoms. The number of thiophene rings is 2. The molecule has 0 aliphatic rings. The quantitative estimate of drug-likeness (QED) is 0.345. The van der Waals surface area contributed by atoms with Crippen molar-refractivity contribution < 1.29 is 4.79 Å². The van der Waals surface area contributed by atoms with E-state index in [0.717, 1.165) is 16.1 Å². The molecule has 0 bridgehead atoms. The van der Waals surface area contributed by atoms with E-state index in [9.17, 15) is 9.59 Å². The molecule has 1 aromatic carbocycles. The second-order valence-corrected chi connectivity index (χ2v) is 9.45. The van der Waals surface area contributed by atoms with E-state index in [1.807, 2.05) is 67.1 Å². The van der Waals surface area contributed by atoms with Crippen LogP contribution in [-0.4, -0.2) is 27.3 Å². The Hall–Kier alpha value is -2.42. The predicted octanol–water partition coefficient (Wildman–Crippen LogP) is 4.79. The number of hydrogen-bond acceptors (Lipinski definition) is 6. The smallest absolute Gasteiger partial charge is 0.268 e. The number of hydrogen-bond donors (Lipinski definition) is 1. The topological polar surface area (TPSA) is 64.0 Å². The van der Waals surface area contributed by atoms with Crippen LogP contribution in [0.1, 0.15) is 13.8 Å². The lowest BCUT2D eigenvalue weighted by Crippen LogP contribution is -2.31. The van der Waals surface area contributed by atoms with Crippen LogP contribution in [0, 0.1) is 0 Å². The first kappa shape index (κ1) is 19.9. The highest BCUT2D eigenvalue weighted by atomic mass is 32.2. The molecule has 3 aromatic heterocycles. The Morgan fingerprint density at radius 3 is 2.69 bits per heavy atom. The standard InChI is InChI=1S/C21H19N3O2S3/c1-3-22-18(25)13(2)29-21-23-19-17(15(12-28-19)16-10-7-11-27-16)20(26)24(21)14-8-5-4-6-9-14/h4-13H,3H2,1-2H3,(H,22,25). The minimum absolute atomic E-state index is 0.0723. The van der Waals surface area contributed by atoms with Crippen LogP contribution in [0.25, 0.3) is 26.3 Å². The van der Waals surface area contributed by atoms with Gasteiger partial charge in [0.1, 0.15) is 4.83 Å². The highest BCUT2D eigenvalue weighted by molar-refractivity contribution is 8.00. The highest BCUT2D eigenvalue weighted by Crippen LogP contribution is 2.35. The minimum atomic E-state index is -0.369. The number of fused-ring (bicyclic) bond motifs is 1. The molecule has 3 heterocycles. The monoisotopic (exact) mass is 441 g/mol. The van der Waals surface area contributed by atoms with Crippen molar-refractivity contribution in [3.8, 4) is 16.1 Å². The molecule has 4 rings (SSSR count). The molecule has 0 saturated carbocycles. The average Bonchev–Trinajstić information content (AvgIpc) is 3.38. The van der Waals surface area contributed by atoms with E-state index in [-0.39, 0.29) is 16.7 Å². The summed E-state index contributed by atoms with van der Waals surface area (Å²) in [5.41, 5.74) is 1.53. The van der Waals surface area contributed by atoms with Crippen molar-refractivity contribution in [3.05, 3.63) is 63.6 Å². The zero-order valence-corrected chi connectivity index (χ0v) is 18.4. The number of benzene rings is 1. The first-order valence-electron chi connectivity index (χ1n) is 9.18. The van der Waals surface area contributed by atoms with E-state index >= 15 is 0 Å². The third kappa shape index (κ3) is 3.88. The Labute approximate surface area is 180 Å². The van der Waals surface area contributed by atoms with Crippen molar-refractivity contribution in [2.45, 2.75) is 24.3 Å². The lowest BCUT2D eigenvalue weighted by molar-refractivity contribution is -0.120. The predicted molar refractivity (Wildman–Crippen MR) is 123 cm³/mol. The van der Waals surface area contributed by atoms with Gasteiger partial charge >= 0.3 is 0 Å². The van der Waals surface area contributed by atoms with Gasteiger partial charge in [-0.3, -0.25) is 14.2 Å². The first-order valence-corrected chi connectivity index (χ1v) is 11.8. The number of rotatable bonds is 6. The van der Waals surface area contributed by atoms with Crippen LogP contribution in [0.5, 0.6) is 0 Å². The third-order valence-corrected chi connectivity index (χ3v) is 7.21. The number of carbonyl (C=O) groups is 1. The molecule has 1 unspecified atom stereocenters. The average molecular weight is 442 g/mol. The largest absolute Gasteiger partial charge is 0.355 e. The van der Waals surface area contributed by atoms with Gasteiger partial charge in [0, 0.05) is 22.4 Å². The fourth-order valence-electron chi connectivity index (χ4n) is 3.00. The van der Waals surface area contributed by atoms with Gasteiger partial charge in [0.05, 0.1) is 16.3 Å². The normalized spacial score (nSPS) is 12.2. The summed E-state index contributed by atoms with van der Waals surface area (Å²) in [6, 6.07) is 13.4. The zero-order chi connectivity index (χ0) is 20.4. The maximum absolute atomic E-state index is 13.6. The molecule has 5 nitrogen and oxygen atoms in total. The summed E-state index contributed by atoms with van der Waals surface area (Å²) < 4.78 is 1.62. The van der Waals surface area contributed by atoms with Crippen molar-refractivity contribution in [2.75, 3.05) is 6.54 Å². The summed E-state index contributed by atoms with van der Waals surface area (Å²) in [5, 5.41) is 7.59. The Bertz CT molecular complexity index is 1200. The molecular weight excluding hydrogens is 422 g/mol. The van der Waals surface area contributed by atoms with Crippen LogP contribution in [0.3, 0.4) is 0 Å². The number of nitrogens with one attached hydrogen (secondary N) is 1. The van der Waals surface area contributed by atoms with E-state index in [1.54, 1.807) is 15.9 Å². The molecular formula is C21H19N3O2S3. The summed E-state index contributed by atoms with van der Waals surface area (Å²) in [5.74, 6) is -0.0723. The van der Waals surface area contributed by atoms with Gasteiger partial charge in [-0.2, -0.15) is 0 Å². The number of nitrogens with zero attached hydrogens (tertiary/aromatic N) is 2. The fraction of sp³-hybridized carbons (Fsp3) is 0.190. The van der Waals surface area contributed by atoms with E-state index in [2.05, 4.69) is 5.32 Å². The van der Waals surface area contributed by atoms with Crippen molar-refractivity contribution in [3.63, 3.8) is 0 Å². The highest BCUT2D eigenvalue weighted by Gasteiger charge is 2.22. The number of aromatic nitrogens is 2. The number of thioether (sulfide) groups is 1. The SMILES string of the molecule is CCNC(=O)C(C)Sc1nc2scc(-c3cccs3)c2c(=O)n1-c1ccccc1.